The van der Waals surface area contributed by atoms with Crippen molar-refractivity contribution in [3.05, 3.63) is 57.2 Å². The van der Waals surface area contributed by atoms with E-state index in [2.05, 4.69) is 37.7 Å². The molecule has 1 aliphatic rings. The van der Waals surface area contributed by atoms with E-state index in [1.54, 1.807) is 0 Å². The van der Waals surface area contributed by atoms with E-state index in [0.29, 0.717) is 22.7 Å². The van der Waals surface area contributed by atoms with Gasteiger partial charge in [-0.3, -0.25) is 0 Å². The summed E-state index contributed by atoms with van der Waals surface area (Å²) in [5, 5.41) is 15.3. The van der Waals surface area contributed by atoms with Crippen LogP contribution in [0.3, 0.4) is 0 Å². The summed E-state index contributed by atoms with van der Waals surface area (Å²) in [7, 11) is 0. The lowest BCUT2D eigenvalue weighted by atomic mass is 10.0. The zero-order valence-electron chi connectivity index (χ0n) is 13.1. The minimum Gasteiger partial charge on any atom is -0.494 e. The fourth-order valence-electron chi connectivity index (χ4n) is 2.84. The number of nitrogens with one attached hydrogen (secondary N) is 1. The maximum absolute atomic E-state index is 11.2. The minimum atomic E-state index is -0.520. The lowest BCUT2D eigenvalue weighted by molar-refractivity contribution is -0.140. The second kappa shape index (κ2) is 5.99. The third kappa shape index (κ3) is 2.70. The van der Waals surface area contributed by atoms with E-state index in [9.17, 15) is 9.90 Å². The monoisotopic (exact) mass is 445 g/mol. The van der Waals surface area contributed by atoms with Crippen molar-refractivity contribution in [3.8, 4) is 5.88 Å². The molecule has 3 aromatic rings. The molecule has 1 aromatic heterocycles. The molecular weight excluding hydrogens is 433 g/mol. The number of benzene rings is 2. The van der Waals surface area contributed by atoms with Gasteiger partial charge in [-0.05, 0) is 40.8 Å². The Bertz CT molecular complexity index is 1080. The largest absolute Gasteiger partial charge is 0.494 e. The zero-order valence-corrected chi connectivity index (χ0v) is 15.2. The number of carbonyl (C=O) groups is 1. The molecule has 0 aliphatic carbocycles. The van der Waals surface area contributed by atoms with Crippen molar-refractivity contribution in [2.24, 2.45) is 10.1 Å². The van der Waals surface area contributed by atoms with Gasteiger partial charge in [0.25, 0.3) is 0 Å². The number of oxime groups is 1. The summed E-state index contributed by atoms with van der Waals surface area (Å²) in [5.41, 5.74) is 3.67. The van der Waals surface area contributed by atoms with Crippen molar-refractivity contribution < 1.29 is 14.7 Å². The second-order valence-electron chi connectivity index (χ2n) is 5.54. The molecule has 0 fully saturated rings. The molecular formula is C18H12IN3O3. The number of nitrogens with zero attached hydrogens (tertiary/aromatic N) is 2. The fraction of sp³-hybridized carbons (Fsp3) is 0.0556. The van der Waals surface area contributed by atoms with Crippen LogP contribution >= 0.6 is 22.6 Å². The lowest BCUT2D eigenvalue weighted by Crippen LogP contribution is -2.14. The highest BCUT2D eigenvalue weighted by atomic mass is 127. The lowest BCUT2D eigenvalue weighted by Gasteiger charge is -2.03. The van der Waals surface area contributed by atoms with Crippen molar-refractivity contribution in [1.29, 1.82) is 0 Å². The van der Waals surface area contributed by atoms with Crippen molar-refractivity contribution in [1.82, 2.24) is 4.98 Å². The van der Waals surface area contributed by atoms with E-state index in [1.165, 1.54) is 6.92 Å². The molecule has 2 heterocycles. The number of aromatic amines is 1. The summed E-state index contributed by atoms with van der Waals surface area (Å²) >= 11 is 2.21. The number of H-pyrrole nitrogens is 1. The van der Waals surface area contributed by atoms with Crippen LogP contribution in [0, 0.1) is 3.57 Å². The maximum Gasteiger partial charge on any atom is 0.332 e. The van der Waals surface area contributed by atoms with Gasteiger partial charge in [0.05, 0.1) is 16.8 Å². The number of aliphatic imine (C=N–C) groups is 1. The minimum absolute atomic E-state index is 0.000851. The predicted molar refractivity (Wildman–Crippen MR) is 104 cm³/mol. The molecule has 0 atom stereocenters. The Morgan fingerprint density at radius 2 is 2.08 bits per heavy atom. The second-order valence-corrected chi connectivity index (χ2v) is 6.78. The number of aromatic nitrogens is 1. The van der Waals surface area contributed by atoms with Gasteiger partial charge in [-0.25, -0.2) is 9.79 Å². The highest BCUT2D eigenvalue weighted by Gasteiger charge is 2.29. The SMILES string of the molecule is CC(=O)O/N=C1/C(c2c(O)[nH]c3cc(I)ccc23)=Nc2ccccc21. The van der Waals surface area contributed by atoms with E-state index in [-0.39, 0.29) is 5.88 Å². The molecule has 2 N–H and O–H groups in total. The Kier molecular flexibility index (Phi) is 3.79. The van der Waals surface area contributed by atoms with Gasteiger partial charge in [0.2, 0.25) is 0 Å². The van der Waals surface area contributed by atoms with Gasteiger partial charge in [-0.2, -0.15) is 0 Å². The zero-order chi connectivity index (χ0) is 17.6. The van der Waals surface area contributed by atoms with Crippen molar-refractivity contribution in [3.63, 3.8) is 0 Å². The van der Waals surface area contributed by atoms with Crippen molar-refractivity contribution >= 4 is 56.6 Å². The molecule has 0 unspecified atom stereocenters. The number of rotatable bonds is 2. The van der Waals surface area contributed by atoms with Gasteiger partial charge in [-0.15, -0.1) is 0 Å². The van der Waals surface area contributed by atoms with Crippen LogP contribution in [-0.2, 0) is 9.63 Å². The third-order valence-corrected chi connectivity index (χ3v) is 4.53. The number of fused-ring (bicyclic) bond motifs is 2. The number of carbonyl (C=O) groups excluding carboxylic acids is 1. The quantitative estimate of drug-likeness (QED) is 0.357. The van der Waals surface area contributed by atoms with Gasteiger partial charge in [-0.1, -0.05) is 29.4 Å². The third-order valence-electron chi connectivity index (χ3n) is 3.86. The average Bonchev–Trinajstić information content (AvgIpc) is 3.08. The van der Waals surface area contributed by atoms with E-state index in [1.807, 2.05) is 42.5 Å². The van der Waals surface area contributed by atoms with Gasteiger partial charge >= 0.3 is 5.97 Å². The molecule has 0 spiro atoms. The van der Waals surface area contributed by atoms with Crippen LogP contribution in [0.1, 0.15) is 18.1 Å². The summed E-state index contributed by atoms with van der Waals surface area (Å²) in [6.07, 6.45) is 0. The fourth-order valence-corrected chi connectivity index (χ4v) is 3.34. The molecule has 0 radical (unpaired) electrons. The molecule has 0 saturated heterocycles. The Labute approximate surface area is 156 Å². The maximum atomic E-state index is 11.2. The molecule has 25 heavy (non-hydrogen) atoms. The Morgan fingerprint density at radius 1 is 1.28 bits per heavy atom. The van der Waals surface area contributed by atoms with Crippen LogP contribution in [0.15, 0.2) is 52.6 Å². The van der Waals surface area contributed by atoms with Crippen LogP contribution < -0.4 is 0 Å². The standard InChI is InChI=1S/C18H12IN3O3/c1-9(23)25-22-16-12-4-2-3-5-13(12)20-17(16)15-11-7-6-10(19)8-14(11)21-18(15)24/h2-8,21,24H,1H3/b22-16+. The van der Waals surface area contributed by atoms with E-state index in [4.69, 9.17) is 4.84 Å². The van der Waals surface area contributed by atoms with Crippen LogP contribution in [0.5, 0.6) is 5.88 Å². The average molecular weight is 445 g/mol. The first-order chi connectivity index (χ1) is 12.0. The van der Waals surface area contributed by atoms with Crippen molar-refractivity contribution in [2.75, 3.05) is 0 Å². The summed E-state index contributed by atoms with van der Waals surface area (Å²) in [5.74, 6) is -0.520. The topological polar surface area (TPSA) is 87.0 Å². The number of para-hydroxylation sites is 1. The summed E-state index contributed by atoms with van der Waals surface area (Å²) < 4.78 is 1.04. The number of hydrogen-bond donors (Lipinski definition) is 2. The Balaban J connectivity index is 1.94. The number of hydrogen-bond acceptors (Lipinski definition) is 5. The summed E-state index contributed by atoms with van der Waals surface area (Å²) in [4.78, 5) is 23.6. The van der Waals surface area contributed by atoms with Crippen LogP contribution in [0.4, 0.5) is 5.69 Å². The van der Waals surface area contributed by atoms with E-state index < -0.39 is 5.97 Å². The van der Waals surface area contributed by atoms with E-state index >= 15 is 0 Å². The van der Waals surface area contributed by atoms with Gasteiger partial charge in [0, 0.05) is 21.4 Å². The smallest absolute Gasteiger partial charge is 0.332 e. The Hall–Kier alpha value is -2.68. The molecule has 4 rings (SSSR count). The van der Waals surface area contributed by atoms with Crippen LogP contribution in [0.25, 0.3) is 10.9 Å². The van der Waals surface area contributed by atoms with E-state index in [0.717, 1.165) is 20.0 Å². The van der Waals surface area contributed by atoms with Crippen LogP contribution in [0.2, 0.25) is 0 Å². The molecule has 0 bridgehead atoms. The van der Waals surface area contributed by atoms with Gasteiger partial charge in [0.1, 0.15) is 11.4 Å². The highest BCUT2D eigenvalue weighted by Crippen LogP contribution is 2.36. The highest BCUT2D eigenvalue weighted by molar-refractivity contribution is 14.1. The molecule has 0 saturated carbocycles. The first kappa shape index (κ1) is 15.8. The molecule has 7 heteroatoms. The molecule has 0 amide bonds. The molecule has 6 nitrogen and oxygen atoms in total. The molecule has 124 valence electrons. The van der Waals surface area contributed by atoms with Crippen LogP contribution in [-0.4, -0.2) is 27.5 Å². The predicted octanol–water partition coefficient (Wildman–Crippen LogP) is 3.88. The summed E-state index contributed by atoms with van der Waals surface area (Å²) in [6.45, 7) is 1.28. The molecule has 1 aliphatic heterocycles. The van der Waals surface area contributed by atoms with Gasteiger partial charge in [0.15, 0.2) is 5.88 Å². The normalized spacial score (nSPS) is 14.6. The first-order valence-electron chi connectivity index (χ1n) is 7.49. The van der Waals surface area contributed by atoms with Gasteiger partial charge < -0.3 is 14.9 Å². The first-order valence-corrected chi connectivity index (χ1v) is 8.57. The molecule has 2 aromatic carbocycles. The van der Waals surface area contributed by atoms with Crippen molar-refractivity contribution in [2.45, 2.75) is 6.92 Å². The number of halogens is 1. The Morgan fingerprint density at radius 3 is 2.88 bits per heavy atom. The summed E-state index contributed by atoms with van der Waals surface area (Å²) in [6, 6.07) is 13.2. The number of aromatic hydroxyl groups is 1.